The van der Waals surface area contributed by atoms with E-state index in [-0.39, 0.29) is 6.79 Å². The Morgan fingerprint density at radius 1 is 0.329 bits per heavy atom. The molecule has 0 atom stereocenters. The lowest BCUT2D eigenvalue weighted by atomic mass is 9.78. The van der Waals surface area contributed by atoms with E-state index in [9.17, 15) is 0 Å². The summed E-state index contributed by atoms with van der Waals surface area (Å²) >= 11 is 0. The zero-order valence-electron chi connectivity index (χ0n) is 41.7. The van der Waals surface area contributed by atoms with Crippen LogP contribution in [0.15, 0.2) is 196 Å². The van der Waals surface area contributed by atoms with Gasteiger partial charge in [0.1, 0.15) is 17.2 Å². The molecule has 2 saturated carbocycles. The van der Waals surface area contributed by atoms with Gasteiger partial charge in [-0.15, -0.1) is 26.3 Å². The predicted molar refractivity (Wildman–Crippen MR) is 292 cm³/mol. The third-order valence-electron chi connectivity index (χ3n) is 14.1. The second-order valence-corrected chi connectivity index (χ2v) is 19.5. The van der Waals surface area contributed by atoms with Crippen molar-refractivity contribution in [1.29, 1.82) is 0 Å². The zero-order valence-corrected chi connectivity index (χ0v) is 41.7. The summed E-state index contributed by atoms with van der Waals surface area (Å²) in [4.78, 5) is 0. The van der Waals surface area contributed by atoms with Gasteiger partial charge in [0.15, 0.2) is 6.79 Å². The Kier molecular flexibility index (Phi) is 20.8. The van der Waals surface area contributed by atoms with Crippen molar-refractivity contribution in [2.75, 3.05) is 13.6 Å². The summed E-state index contributed by atoms with van der Waals surface area (Å²) in [5.74, 6) is 5.00. The van der Waals surface area contributed by atoms with Gasteiger partial charge in [-0.25, -0.2) is 0 Å². The maximum atomic E-state index is 5.97. The molecule has 4 nitrogen and oxygen atoms in total. The van der Waals surface area contributed by atoms with Crippen molar-refractivity contribution in [1.82, 2.24) is 0 Å². The largest absolute Gasteiger partial charge is 0.468 e. The molecule has 364 valence electrons. The summed E-state index contributed by atoms with van der Waals surface area (Å²) in [5.41, 5.74) is 11.9. The van der Waals surface area contributed by atoms with E-state index in [1.54, 1.807) is 0 Å². The van der Waals surface area contributed by atoms with Crippen LogP contribution in [0.4, 0.5) is 0 Å². The average molecular weight is 933 g/mol. The van der Waals surface area contributed by atoms with E-state index >= 15 is 0 Å². The molecule has 4 heteroatoms. The second-order valence-electron chi connectivity index (χ2n) is 19.5. The number of benzene rings is 6. The van der Waals surface area contributed by atoms with Crippen molar-refractivity contribution < 1.29 is 18.9 Å². The molecule has 0 N–H and O–H groups in total. The van der Waals surface area contributed by atoms with Crippen LogP contribution in [0.3, 0.4) is 0 Å². The normalized spacial score (nSPS) is 17.5. The first-order chi connectivity index (χ1) is 34.4. The molecule has 0 aromatic heterocycles. The van der Waals surface area contributed by atoms with E-state index in [2.05, 4.69) is 142 Å². The Morgan fingerprint density at radius 2 is 0.629 bits per heavy atom. The standard InChI is InChI=1S/C33H44O2.C33H32O2/c2*1-3-5-26-7-9-28(10-8-26)23-29-11-13-30(14-12-29)24-31-17-21-33(22-18-31)35-25-34-32-19-15-27(6-4-2)16-20-32/h3-4,11-14,17-18,21-22,26-28,32H,1-2,5-10,15-16,19-20,23-25H2;3-4,7-22H,1-2,5-6,23-25H2. The van der Waals surface area contributed by atoms with Gasteiger partial charge in [-0.1, -0.05) is 133 Å². The highest BCUT2D eigenvalue weighted by Gasteiger charge is 2.22. The molecule has 70 heavy (non-hydrogen) atoms. The number of rotatable bonds is 24. The Balaban J connectivity index is 0.000000206. The van der Waals surface area contributed by atoms with Crippen LogP contribution in [-0.2, 0) is 43.3 Å². The lowest BCUT2D eigenvalue weighted by molar-refractivity contribution is -0.0548. The number of hydrogen-bond donors (Lipinski definition) is 0. The first-order valence-corrected chi connectivity index (χ1v) is 25.9. The van der Waals surface area contributed by atoms with Crippen molar-refractivity contribution in [2.45, 2.75) is 109 Å². The highest BCUT2D eigenvalue weighted by Crippen LogP contribution is 2.33. The monoisotopic (exact) mass is 933 g/mol. The molecular weight excluding hydrogens is 857 g/mol. The fraction of sp³-hybridized carbons (Fsp3) is 0.333. The zero-order chi connectivity index (χ0) is 48.6. The highest BCUT2D eigenvalue weighted by molar-refractivity contribution is 5.36. The van der Waals surface area contributed by atoms with E-state index in [1.165, 1.54) is 101 Å². The summed E-state index contributed by atoms with van der Waals surface area (Å²) in [7, 11) is 0. The SMILES string of the molecule is C=CCC1CCC(Cc2ccc(Cc3ccc(OCOC4CCC(CC=C)CC4)cc3)cc2)CC1.C=CCc1ccc(Cc2ccc(Cc3ccc(OCOc4ccc(CC=C)cc4)cc3)cc2)cc1. The summed E-state index contributed by atoms with van der Waals surface area (Å²) in [6, 6.07) is 51.7. The number of allylic oxidation sites excluding steroid dienone is 4. The maximum Gasteiger partial charge on any atom is 0.230 e. The fourth-order valence-electron chi connectivity index (χ4n) is 9.90. The lowest BCUT2D eigenvalue weighted by Crippen LogP contribution is -2.23. The van der Waals surface area contributed by atoms with Crippen molar-refractivity contribution in [3.63, 3.8) is 0 Å². The third kappa shape index (κ3) is 17.6. The van der Waals surface area contributed by atoms with Gasteiger partial charge in [0.25, 0.3) is 0 Å². The van der Waals surface area contributed by atoms with Gasteiger partial charge >= 0.3 is 0 Å². The summed E-state index contributed by atoms with van der Waals surface area (Å²) in [6.07, 6.45) is 26.7. The Hall–Kier alpha value is -6.36. The van der Waals surface area contributed by atoms with Gasteiger partial charge in [0, 0.05) is 0 Å². The smallest absolute Gasteiger partial charge is 0.230 e. The molecule has 0 aliphatic heterocycles. The van der Waals surface area contributed by atoms with Crippen molar-refractivity contribution in [3.05, 3.63) is 246 Å². The minimum Gasteiger partial charge on any atom is -0.468 e. The van der Waals surface area contributed by atoms with Crippen LogP contribution in [0.5, 0.6) is 17.2 Å². The van der Waals surface area contributed by atoms with Crippen LogP contribution in [-0.4, -0.2) is 19.7 Å². The minimum atomic E-state index is 0.179. The molecule has 2 aliphatic carbocycles. The quantitative estimate of drug-likeness (QED) is 0.0448. The van der Waals surface area contributed by atoms with Crippen LogP contribution >= 0.6 is 0 Å². The summed E-state index contributed by atoms with van der Waals surface area (Å²) in [6.45, 7) is 15.9. The van der Waals surface area contributed by atoms with Gasteiger partial charge in [-0.2, -0.15) is 0 Å². The first-order valence-electron chi connectivity index (χ1n) is 25.9. The molecule has 6 aromatic carbocycles. The van der Waals surface area contributed by atoms with Crippen LogP contribution in [0.1, 0.15) is 114 Å². The van der Waals surface area contributed by atoms with Crippen molar-refractivity contribution >= 4 is 0 Å². The number of ether oxygens (including phenoxy) is 4. The van der Waals surface area contributed by atoms with Crippen LogP contribution < -0.4 is 14.2 Å². The molecule has 2 fully saturated rings. The molecule has 8 rings (SSSR count). The molecule has 0 heterocycles. The topological polar surface area (TPSA) is 36.9 Å². The summed E-state index contributed by atoms with van der Waals surface area (Å²) in [5, 5.41) is 0. The van der Waals surface area contributed by atoms with E-state index < -0.39 is 0 Å². The van der Waals surface area contributed by atoms with Crippen LogP contribution in [0.2, 0.25) is 0 Å². The third-order valence-corrected chi connectivity index (χ3v) is 14.1. The predicted octanol–water partition coefficient (Wildman–Crippen LogP) is 16.4. The van der Waals surface area contributed by atoms with Crippen LogP contribution in [0.25, 0.3) is 0 Å². The first kappa shape index (κ1) is 51.5. The molecule has 6 aromatic rings. The second kappa shape index (κ2) is 28.3. The molecule has 0 spiro atoms. The Bertz CT molecular complexity index is 2430. The van der Waals surface area contributed by atoms with Gasteiger partial charge < -0.3 is 18.9 Å². The van der Waals surface area contributed by atoms with Gasteiger partial charge in [-0.05, 0) is 207 Å². The van der Waals surface area contributed by atoms with Crippen molar-refractivity contribution in [3.8, 4) is 17.2 Å². The average Bonchev–Trinajstić information content (AvgIpc) is 3.39. The maximum absolute atomic E-state index is 5.97. The Morgan fingerprint density at radius 3 is 1.00 bits per heavy atom. The lowest BCUT2D eigenvalue weighted by Gasteiger charge is -2.28. The van der Waals surface area contributed by atoms with Gasteiger partial charge in [0.2, 0.25) is 6.79 Å². The molecule has 0 bridgehead atoms. The minimum absolute atomic E-state index is 0.179. The molecular formula is C66H76O4. The van der Waals surface area contributed by atoms with E-state index in [0.29, 0.717) is 12.9 Å². The summed E-state index contributed by atoms with van der Waals surface area (Å²) < 4.78 is 23.3. The molecule has 0 saturated heterocycles. The fourth-order valence-corrected chi connectivity index (χ4v) is 9.90. The molecule has 0 radical (unpaired) electrons. The molecule has 2 aliphatic rings. The number of hydrogen-bond acceptors (Lipinski definition) is 4. The Labute approximate surface area is 420 Å². The van der Waals surface area contributed by atoms with Crippen molar-refractivity contribution in [2.24, 2.45) is 17.8 Å². The van der Waals surface area contributed by atoms with Crippen LogP contribution in [0, 0.1) is 17.8 Å². The molecule has 0 unspecified atom stereocenters. The van der Waals surface area contributed by atoms with E-state index in [1.807, 2.05) is 54.6 Å². The van der Waals surface area contributed by atoms with Gasteiger partial charge in [0.05, 0.1) is 6.10 Å². The van der Waals surface area contributed by atoms with Gasteiger partial charge in [-0.3, -0.25) is 0 Å². The molecule has 0 amide bonds. The van der Waals surface area contributed by atoms with E-state index in [4.69, 9.17) is 18.9 Å². The van der Waals surface area contributed by atoms with E-state index in [0.717, 1.165) is 86.4 Å². The highest BCUT2D eigenvalue weighted by atomic mass is 16.7.